The molecule has 21 heavy (non-hydrogen) atoms. The summed E-state index contributed by atoms with van der Waals surface area (Å²) in [5.41, 5.74) is 0.550. The summed E-state index contributed by atoms with van der Waals surface area (Å²) in [6.07, 6.45) is 2.67. The van der Waals surface area contributed by atoms with Crippen molar-refractivity contribution in [1.82, 2.24) is 4.72 Å². The molecule has 1 aliphatic rings. The predicted molar refractivity (Wildman–Crippen MR) is 83.7 cm³/mol. The number of hydrogen-bond donors (Lipinski definition) is 1. The average molecular weight is 322 g/mol. The molecule has 0 heterocycles. The third-order valence-electron chi connectivity index (χ3n) is 3.99. The molecule has 0 aromatic heterocycles. The van der Waals surface area contributed by atoms with E-state index in [1.54, 1.807) is 12.1 Å². The van der Waals surface area contributed by atoms with E-state index >= 15 is 0 Å². The number of halogens is 1. The molecule has 1 aliphatic carbocycles. The molecule has 0 saturated heterocycles. The van der Waals surface area contributed by atoms with Crippen LogP contribution in [0.1, 0.15) is 24.8 Å². The van der Waals surface area contributed by atoms with Gasteiger partial charge in [0, 0.05) is 5.02 Å². The van der Waals surface area contributed by atoms with Crippen molar-refractivity contribution in [1.29, 1.82) is 0 Å². The van der Waals surface area contributed by atoms with Crippen molar-refractivity contribution in [2.75, 3.05) is 0 Å². The first-order valence-electron chi connectivity index (χ1n) is 6.87. The monoisotopic (exact) mass is 321 g/mol. The molecular formula is C16H16ClNO2S. The molecule has 1 fully saturated rings. The highest BCUT2D eigenvalue weighted by Crippen LogP contribution is 2.42. The Morgan fingerprint density at radius 2 is 1.57 bits per heavy atom. The molecule has 0 bridgehead atoms. The van der Waals surface area contributed by atoms with Crippen LogP contribution in [-0.4, -0.2) is 8.42 Å². The topological polar surface area (TPSA) is 46.2 Å². The van der Waals surface area contributed by atoms with E-state index in [-0.39, 0.29) is 4.90 Å². The number of nitrogens with one attached hydrogen (secondary N) is 1. The molecule has 0 radical (unpaired) electrons. The van der Waals surface area contributed by atoms with E-state index in [4.69, 9.17) is 11.6 Å². The van der Waals surface area contributed by atoms with Gasteiger partial charge < -0.3 is 0 Å². The van der Waals surface area contributed by atoms with E-state index in [1.807, 2.05) is 30.3 Å². The van der Waals surface area contributed by atoms with Crippen LogP contribution in [-0.2, 0) is 15.6 Å². The van der Waals surface area contributed by atoms with Gasteiger partial charge in [0.1, 0.15) is 0 Å². The molecule has 3 nitrogen and oxygen atoms in total. The fourth-order valence-electron chi connectivity index (χ4n) is 2.67. The van der Waals surface area contributed by atoms with Gasteiger partial charge in [-0.25, -0.2) is 13.1 Å². The second kappa shape index (κ2) is 5.44. The van der Waals surface area contributed by atoms with Crippen molar-refractivity contribution < 1.29 is 8.42 Å². The van der Waals surface area contributed by atoms with Gasteiger partial charge in [0.2, 0.25) is 10.0 Å². The Bertz CT molecular complexity index is 723. The fourth-order valence-corrected chi connectivity index (χ4v) is 4.24. The van der Waals surface area contributed by atoms with Crippen molar-refractivity contribution in [2.45, 2.75) is 29.7 Å². The maximum absolute atomic E-state index is 12.6. The Morgan fingerprint density at radius 3 is 2.10 bits per heavy atom. The number of benzene rings is 2. The van der Waals surface area contributed by atoms with Gasteiger partial charge in [-0.2, -0.15) is 0 Å². The van der Waals surface area contributed by atoms with Crippen LogP contribution < -0.4 is 4.72 Å². The van der Waals surface area contributed by atoms with Crippen LogP contribution in [0.4, 0.5) is 0 Å². The van der Waals surface area contributed by atoms with Crippen LogP contribution in [0.25, 0.3) is 0 Å². The van der Waals surface area contributed by atoms with Gasteiger partial charge in [-0.3, -0.25) is 0 Å². The summed E-state index contributed by atoms with van der Waals surface area (Å²) in [5.74, 6) is 0. The number of hydrogen-bond acceptors (Lipinski definition) is 2. The van der Waals surface area contributed by atoms with Gasteiger partial charge in [0.25, 0.3) is 0 Å². The highest BCUT2D eigenvalue weighted by atomic mass is 35.5. The fraction of sp³-hybridized carbons (Fsp3) is 0.250. The molecule has 2 aromatic carbocycles. The first kappa shape index (κ1) is 14.6. The van der Waals surface area contributed by atoms with E-state index in [0.717, 1.165) is 24.8 Å². The van der Waals surface area contributed by atoms with Crippen molar-refractivity contribution in [3.8, 4) is 0 Å². The SMILES string of the molecule is O=S(=O)(NC1(c2ccccc2)CCC1)c1ccc(Cl)cc1. The Hall–Kier alpha value is -1.36. The Morgan fingerprint density at radius 1 is 0.952 bits per heavy atom. The van der Waals surface area contributed by atoms with Crippen molar-refractivity contribution in [3.63, 3.8) is 0 Å². The molecule has 110 valence electrons. The van der Waals surface area contributed by atoms with Gasteiger partial charge in [0.05, 0.1) is 10.4 Å². The highest BCUT2D eigenvalue weighted by molar-refractivity contribution is 7.89. The molecule has 0 amide bonds. The third kappa shape index (κ3) is 2.84. The minimum atomic E-state index is -3.55. The van der Waals surface area contributed by atoms with Crippen LogP contribution in [0.2, 0.25) is 5.02 Å². The van der Waals surface area contributed by atoms with E-state index in [2.05, 4.69) is 4.72 Å². The van der Waals surface area contributed by atoms with Crippen LogP contribution >= 0.6 is 11.6 Å². The molecule has 1 N–H and O–H groups in total. The van der Waals surface area contributed by atoms with Crippen molar-refractivity contribution in [2.24, 2.45) is 0 Å². The second-order valence-corrected chi connectivity index (χ2v) is 7.48. The standard InChI is InChI=1S/C16H16ClNO2S/c17-14-7-9-15(10-8-14)21(19,20)18-16(11-4-12-16)13-5-2-1-3-6-13/h1-3,5-10,18H,4,11-12H2. The average Bonchev–Trinajstić information content (AvgIpc) is 2.44. The van der Waals surface area contributed by atoms with Gasteiger partial charge in [0.15, 0.2) is 0 Å². The smallest absolute Gasteiger partial charge is 0.207 e. The van der Waals surface area contributed by atoms with Crippen LogP contribution in [0, 0.1) is 0 Å². The molecular weight excluding hydrogens is 306 g/mol. The van der Waals surface area contributed by atoms with Crippen molar-refractivity contribution >= 4 is 21.6 Å². The van der Waals surface area contributed by atoms with Gasteiger partial charge >= 0.3 is 0 Å². The summed E-state index contributed by atoms with van der Waals surface area (Å²) in [5, 5.41) is 0.523. The molecule has 0 unspecified atom stereocenters. The summed E-state index contributed by atoms with van der Waals surface area (Å²) >= 11 is 5.81. The van der Waals surface area contributed by atoms with Crippen LogP contribution in [0.3, 0.4) is 0 Å². The zero-order valence-corrected chi connectivity index (χ0v) is 13.0. The van der Waals surface area contributed by atoms with E-state index in [9.17, 15) is 8.42 Å². The lowest BCUT2D eigenvalue weighted by molar-refractivity contribution is 0.224. The van der Waals surface area contributed by atoms with E-state index in [1.165, 1.54) is 12.1 Å². The second-order valence-electron chi connectivity index (χ2n) is 5.36. The lowest BCUT2D eigenvalue weighted by Crippen LogP contribution is -2.50. The summed E-state index contributed by atoms with van der Waals surface area (Å²) in [4.78, 5) is 0.245. The third-order valence-corrected chi connectivity index (χ3v) is 5.79. The molecule has 2 aromatic rings. The van der Waals surface area contributed by atoms with Crippen LogP contribution in [0.15, 0.2) is 59.5 Å². The number of sulfonamides is 1. The van der Waals surface area contributed by atoms with Crippen molar-refractivity contribution in [3.05, 3.63) is 65.2 Å². The minimum absolute atomic E-state index is 0.245. The highest BCUT2D eigenvalue weighted by Gasteiger charge is 2.42. The lowest BCUT2D eigenvalue weighted by atomic mass is 9.73. The summed E-state index contributed by atoms with van der Waals surface area (Å²) in [6.45, 7) is 0. The first-order valence-corrected chi connectivity index (χ1v) is 8.73. The quantitative estimate of drug-likeness (QED) is 0.933. The van der Waals surface area contributed by atoms with Gasteiger partial charge in [-0.1, -0.05) is 41.9 Å². The first-order chi connectivity index (χ1) is 10.0. The molecule has 1 saturated carbocycles. The predicted octanol–water partition coefficient (Wildman–Crippen LogP) is 3.70. The van der Waals surface area contributed by atoms with Crippen LogP contribution in [0.5, 0.6) is 0 Å². The zero-order valence-electron chi connectivity index (χ0n) is 11.4. The summed E-state index contributed by atoms with van der Waals surface area (Å²) in [6, 6.07) is 16.0. The Kier molecular flexibility index (Phi) is 3.78. The van der Waals surface area contributed by atoms with Gasteiger partial charge in [-0.15, -0.1) is 0 Å². The van der Waals surface area contributed by atoms with E-state index < -0.39 is 15.6 Å². The molecule has 0 spiro atoms. The zero-order chi connectivity index (χ0) is 14.9. The summed E-state index contributed by atoms with van der Waals surface area (Å²) in [7, 11) is -3.55. The molecule has 0 aliphatic heterocycles. The molecule has 3 rings (SSSR count). The Balaban J connectivity index is 1.92. The minimum Gasteiger partial charge on any atom is -0.207 e. The largest absolute Gasteiger partial charge is 0.241 e. The molecule has 0 atom stereocenters. The maximum Gasteiger partial charge on any atom is 0.241 e. The van der Waals surface area contributed by atoms with Gasteiger partial charge in [-0.05, 0) is 49.1 Å². The molecule has 5 heteroatoms. The Labute approximate surface area is 130 Å². The number of rotatable bonds is 4. The maximum atomic E-state index is 12.6. The van der Waals surface area contributed by atoms with E-state index in [0.29, 0.717) is 5.02 Å². The lowest BCUT2D eigenvalue weighted by Gasteiger charge is -2.42. The normalized spacial score (nSPS) is 17.2. The summed E-state index contributed by atoms with van der Waals surface area (Å²) < 4.78 is 28.0.